The summed E-state index contributed by atoms with van der Waals surface area (Å²) in [4.78, 5) is 8.37. The molecule has 1 aliphatic heterocycles. The van der Waals surface area contributed by atoms with Gasteiger partial charge in [0.1, 0.15) is 5.83 Å². The number of allylic oxidation sites excluding steroid dienone is 3. The first kappa shape index (κ1) is 18.2. The third-order valence-electron chi connectivity index (χ3n) is 3.59. The predicted octanol–water partition coefficient (Wildman–Crippen LogP) is 3.13. The maximum Gasteiger partial charge on any atom is 0.191 e. The van der Waals surface area contributed by atoms with Crippen molar-refractivity contribution in [2.24, 2.45) is 4.99 Å². The van der Waals surface area contributed by atoms with Crippen LogP contribution in [0.1, 0.15) is 12.5 Å². The van der Waals surface area contributed by atoms with Crippen molar-refractivity contribution >= 4 is 17.6 Å². The summed E-state index contributed by atoms with van der Waals surface area (Å²) in [6, 6.07) is 3.51. The van der Waals surface area contributed by atoms with Gasteiger partial charge in [0.2, 0.25) is 0 Å². The minimum atomic E-state index is -0.713. The molecular weight excluding hydrogens is 327 g/mol. The molecule has 128 valence electrons. The molecule has 0 fully saturated rings. The summed E-state index contributed by atoms with van der Waals surface area (Å²) in [6.07, 6.45) is 9.05. The number of hydrogen-bond donors (Lipinski definition) is 2. The van der Waals surface area contributed by atoms with Crippen LogP contribution in [-0.2, 0) is 6.42 Å². The number of nitrogens with one attached hydrogen (secondary N) is 2. The fourth-order valence-electron chi connectivity index (χ4n) is 2.42. The van der Waals surface area contributed by atoms with E-state index in [0.29, 0.717) is 24.5 Å². The molecule has 2 heterocycles. The van der Waals surface area contributed by atoms with Crippen molar-refractivity contribution in [2.75, 3.05) is 13.1 Å². The Kier molecular flexibility index (Phi) is 7.00. The quantitative estimate of drug-likeness (QED) is 0.588. The summed E-state index contributed by atoms with van der Waals surface area (Å²) in [5, 5.41) is 5.73. The molecule has 0 aromatic carbocycles. The smallest absolute Gasteiger partial charge is 0.191 e. The molecule has 0 spiro atoms. The Balaban J connectivity index is 2.34. The minimum Gasteiger partial charge on any atom is -0.355 e. The standard InChI is InChI=1S/C18H22ClFN4/c1-3-4-5-15(17(20)13(2)19)16(24-18-22-10-11-23-18)12-14-6-8-21-9-7-14/h3-9,13,16H,1,10-12H2,2H3,(H2,22,23,24)/b5-4-,17-15-. The third kappa shape index (κ3) is 5.20. The van der Waals surface area contributed by atoms with Crippen LogP contribution in [0.4, 0.5) is 4.39 Å². The van der Waals surface area contributed by atoms with Gasteiger partial charge in [0.15, 0.2) is 5.96 Å². The van der Waals surface area contributed by atoms with E-state index >= 15 is 0 Å². The number of alkyl halides is 1. The van der Waals surface area contributed by atoms with Crippen LogP contribution in [0.3, 0.4) is 0 Å². The number of aliphatic imine (C=N–C) groups is 1. The van der Waals surface area contributed by atoms with E-state index in [9.17, 15) is 4.39 Å². The molecular formula is C18H22ClFN4. The van der Waals surface area contributed by atoms with Crippen LogP contribution < -0.4 is 10.6 Å². The van der Waals surface area contributed by atoms with Gasteiger partial charge in [-0.25, -0.2) is 4.39 Å². The first-order valence-electron chi connectivity index (χ1n) is 7.88. The zero-order chi connectivity index (χ0) is 17.4. The van der Waals surface area contributed by atoms with Crippen molar-refractivity contribution in [2.45, 2.75) is 24.8 Å². The van der Waals surface area contributed by atoms with E-state index in [2.05, 4.69) is 27.2 Å². The average Bonchev–Trinajstić information content (AvgIpc) is 3.08. The van der Waals surface area contributed by atoms with Gasteiger partial charge in [-0.05, 0) is 31.0 Å². The van der Waals surface area contributed by atoms with Gasteiger partial charge in [-0.3, -0.25) is 9.98 Å². The molecule has 0 aliphatic carbocycles. The SMILES string of the molecule is C=C/C=C\C(=C(\F)C(C)Cl)C(Cc1ccncc1)NC1=NCCN1. The second-order valence-electron chi connectivity index (χ2n) is 5.43. The van der Waals surface area contributed by atoms with Gasteiger partial charge >= 0.3 is 0 Å². The fourth-order valence-corrected chi connectivity index (χ4v) is 2.54. The molecule has 0 radical (unpaired) electrons. The Labute approximate surface area is 147 Å². The van der Waals surface area contributed by atoms with Crippen LogP contribution in [0.2, 0.25) is 0 Å². The summed E-state index contributed by atoms with van der Waals surface area (Å²) in [5.74, 6) is 0.313. The highest BCUT2D eigenvalue weighted by Crippen LogP contribution is 2.22. The van der Waals surface area contributed by atoms with Gasteiger partial charge in [-0.1, -0.05) is 24.8 Å². The lowest BCUT2D eigenvalue weighted by atomic mass is 9.97. The number of rotatable bonds is 7. The van der Waals surface area contributed by atoms with Crippen molar-refractivity contribution in [3.63, 3.8) is 0 Å². The first-order chi connectivity index (χ1) is 11.6. The molecule has 0 amide bonds. The van der Waals surface area contributed by atoms with Crippen molar-refractivity contribution in [3.05, 3.63) is 66.3 Å². The zero-order valence-electron chi connectivity index (χ0n) is 13.7. The van der Waals surface area contributed by atoms with Crippen LogP contribution in [0, 0.1) is 0 Å². The largest absolute Gasteiger partial charge is 0.355 e. The van der Waals surface area contributed by atoms with Gasteiger partial charge in [-0.2, -0.15) is 0 Å². The molecule has 1 aromatic heterocycles. The normalized spacial score (nSPS) is 17.7. The molecule has 1 aromatic rings. The Morgan fingerprint density at radius 2 is 2.25 bits per heavy atom. The highest BCUT2D eigenvalue weighted by atomic mass is 35.5. The summed E-state index contributed by atoms with van der Waals surface area (Å²) >= 11 is 5.99. The second-order valence-corrected chi connectivity index (χ2v) is 6.08. The molecule has 0 saturated heterocycles. The molecule has 2 unspecified atom stereocenters. The number of pyridine rings is 1. The van der Waals surface area contributed by atoms with Gasteiger partial charge < -0.3 is 10.6 Å². The van der Waals surface area contributed by atoms with Gasteiger partial charge in [0, 0.05) is 24.5 Å². The number of guanidine groups is 1. The van der Waals surface area contributed by atoms with E-state index in [0.717, 1.165) is 12.1 Å². The number of nitrogens with zero attached hydrogens (tertiary/aromatic N) is 2. The lowest BCUT2D eigenvalue weighted by Gasteiger charge is -2.23. The van der Waals surface area contributed by atoms with E-state index in [1.54, 1.807) is 37.5 Å². The highest BCUT2D eigenvalue weighted by Gasteiger charge is 2.22. The summed E-state index contributed by atoms with van der Waals surface area (Å²) in [7, 11) is 0. The third-order valence-corrected chi connectivity index (χ3v) is 3.78. The van der Waals surface area contributed by atoms with Crippen molar-refractivity contribution in [1.82, 2.24) is 15.6 Å². The summed E-state index contributed by atoms with van der Waals surface area (Å²) < 4.78 is 14.7. The molecule has 2 atom stereocenters. The van der Waals surface area contributed by atoms with Gasteiger partial charge in [0.05, 0.1) is 18.0 Å². The van der Waals surface area contributed by atoms with E-state index in [1.807, 2.05) is 12.1 Å². The van der Waals surface area contributed by atoms with Crippen molar-refractivity contribution in [3.8, 4) is 0 Å². The van der Waals surface area contributed by atoms with E-state index in [-0.39, 0.29) is 11.9 Å². The van der Waals surface area contributed by atoms with Gasteiger partial charge in [0.25, 0.3) is 0 Å². The van der Waals surface area contributed by atoms with Crippen LogP contribution in [0.5, 0.6) is 0 Å². The molecule has 0 bridgehead atoms. The number of hydrogen-bond acceptors (Lipinski definition) is 4. The van der Waals surface area contributed by atoms with Crippen molar-refractivity contribution in [1.29, 1.82) is 0 Å². The van der Waals surface area contributed by atoms with Crippen molar-refractivity contribution < 1.29 is 4.39 Å². The maximum atomic E-state index is 14.7. The second kappa shape index (κ2) is 9.23. The molecule has 6 heteroatoms. The Hall–Kier alpha value is -2.14. The highest BCUT2D eigenvalue weighted by molar-refractivity contribution is 6.22. The molecule has 24 heavy (non-hydrogen) atoms. The van der Waals surface area contributed by atoms with Crippen LogP contribution in [-0.4, -0.2) is 35.5 Å². The lowest BCUT2D eigenvalue weighted by Crippen LogP contribution is -2.43. The van der Waals surface area contributed by atoms with E-state index in [1.165, 1.54) is 0 Å². The molecule has 2 rings (SSSR count). The number of aromatic nitrogens is 1. The Bertz CT molecular complexity index is 638. The van der Waals surface area contributed by atoms with Crippen LogP contribution >= 0.6 is 11.6 Å². The van der Waals surface area contributed by atoms with Gasteiger partial charge in [-0.15, -0.1) is 11.6 Å². The molecule has 2 N–H and O–H groups in total. The Morgan fingerprint density at radius 3 is 2.83 bits per heavy atom. The maximum absolute atomic E-state index is 14.7. The predicted molar refractivity (Wildman–Crippen MR) is 98.0 cm³/mol. The van der Waals surface area contributed by atoms with Crippen LogP contribution in [0.15, 0.2) is 65.7 Å². The first-order valence-corrected chi connectivity index (χ1v) is 8.32. The van der Waals surface area contributed by atoms with Crippen LogP contribution in [0.25, 0.3) is 0 Å². The number of halogens is 2. The zero-order valence-corrected chi connectivity index (χ0v) is 14.4. The molecule has 0 saturated carbocycles. The average molecular weight is 349 g/mol. The molecule has 1 aliphatic rings. The minimum absolute atomic E-state index is 0.311. The Morgan fingerprint density at radius 1 is 1.50 bits per heavy atom. The fraction of sp³-hybridized carbons (Fsp3) is 0.333. The molecule has 4 nitrogen and oxygen atoms in total. The monoisotopic (exact) mass is 348 g/mol. The topological polar surface area (TPSA) is 49.3 Å². The summed E-state index contributed by atoms with van der Waals surface area (Å²) in [5.41, 5.74) is 1.53. The summed E-state index contributed by atoms with van der Waals surface area (Å²) in [6.45, 7) is 6.76. The van der Waals surface area contributed by atoms with E-state index in [4.69, 9.17) is 11.6 Å². The lowest BCUT2D eigenvalue weighted by molar-refractivity contribution is 0.568. The van der Waals surface area contributed by atoms with E-state index < -0.39 is 5.38 Å².